The lowest BCUT2D eigenvalue weighted by molar-refractivity contribution is 0.620. The molecule has 1 aromatic heterocycles. The number of fused-ring (bicyclic) bond motifs is 1. The van der Waals surface area contributed by atoms with Crippen molar-refractivity contribution in [2.45, 2.75) is 0 Å². The molecular weight excluding hydrogens is 310 g/mol. The molecule has 25 heavy (non-hydrogen) atoms. The van der Waals surface area contributed by atoms with Crippen LogP contribution in [0.5, 0.6) is 0 Å². The number of para-hydroxylation sites is 3. The highest BCUT2D eigenvalue weighted by atomic mass is 16.3. The molecule has 0 aliphatic carbocycles. The highest BCUT2D eigenvalue weighted by Gasteiger charge is 2.10. The van der Waals surface area contributed by atoms with Crippen molar-refractivity contribution in [2.24, 2.45) is 0 Å². The van der Waals surface area contributed by atoms with Crippen molar-refractivity contribution in [1.82, 2.24) is 4.98 Å². The summed E-state index contributed by atoms with van der Waals surface area (Å²) in [5.41, 5.74) is 12.1. The molecule has 3 aromatic carbocycles. The molecule has 0 unspecified atom stereocenters. The van der Waals surface area contributed by atoms with Crippen molar-refractivity contribution in [3.63, 3.8) is 0 Å². The molecule has 0 bridgehead atoms. The number of nitrogens with zero attached hydrogens (tertiary/aromatic N) is 1. The number of nitrogens with one attached hydrogen (secondary N) is 1. The summed E-state index contributed by atoms with van der Waals surface area (Å²) >= 11 is 0. The van der Waals surface area contributed by atoms with Gasteiger partial charge in [-0.05, 0) is 42.0 Å². The van der Waals surface area contributed by atoms with E-state index < -0.39 is 0 Å². The van der Waals surface area contributed by atoms with E-state index in [2.05, 4.69) is 16.9 Å². The first kappa shape index (κ1) is 15.0. The Morgan fingerprint density at radius 3 is 2.56 bits per heavy atom. The van der Waals surface area contributed by atoms with Gasteiger partial charge in [0.2, 0.25) is 5.89 Å². The average Bonchev–Trinajstić information content (AvgIpc) is 3.08. The van der Waals surface area contributed by atoms with Crippen LogP contribution in [0, 0.1) is 0 Å². The summed E-state index contributed by atoms with van der Waals surface area (Å²) in [6.07, 6.45) is 1.81. The van der Waals surface area contributed by atoms with Gasteiger partial charge in [-0.15, -0.1) is 0 Å². The van der Waals surface area contributed by atoms with Crippen LogP contribution in [0.1, 0.15) is 5.56 Å². The van der Waals surface area contributed by atoms with Gasteiger partial charge < -0.3 is 15.5 Å². The molecule has 0 atom stereocenters. The first-order chi connectivity index (χ1) is 12.2. The van der Waals surface area contributed by atoms with E-state index in [0.717, 1.165) is 33.6 Å². The van der Waals surface area contributed by atoms with Crippen LogP contribution in [0.3, 0.4) is 0 Å². The maximum atomic E-state index is 6.23. The molecule has 122 valence electrons. The van der Waals surface area contributed by atoms with E-state index in [1.807, 2.05) is 72.8 Å². The van der Waals surface area contributed by atoms with Crippen LogP contribution < -0.4 is 11.1 Å². The molecule has 4 aromatic rings. The van der Waals surface area contributed by atoms with E-state index in [4.69, 9.17) is 10.2 Å². The van der Waals surface area contributed by atoms with Crippen molar-refractivity contribution < 1.29 is 4.42 Å². The number of nitrogen functional groups attached to an aromatic ring is 1. The Morgan fingerprint density at radius 2 is 1.76 bits per heavy atom. The standard InChI is InChI=1S/C21H17N3O/c1-2-14-7-3-4-8-17(14)23-18-12-11-15(13-16(18)22)21-24-19-9-5-6-10-20(19)25-21/h2-13,23H,1,22H2. The maximum absolute atomic E-state index is 6.23. The second-order valence-electron chi connectivity index (χ2n) is 5.71. The zero-order valence-electron chi connectivity index (χ0n) is 13.6. The summed E-state index contributed by atoms with van der Waals surface area (Å²) < 4.78 is 5.80. The third-order valence-electron chi connectivity index (χ3n) is 4.04. The molecule has 4 heteroatoms. The SMILES string of the molecule is C=Cc1ccccc1Nc1ccc(-c2nc3ccccc3o2)cc1N. The second kappa shape index (κ2) is 6.17. The summed E-state index contributed by atoms with van der Waals surface area (Å²) in [6, 6.07) is 21.4. The van der Waals surface area contributed by atoms with E-state index in [9.17, 15) is 0 Å². The van der Waals surface area contributed by atoms with Gasteiger partial charge in [0, 0.05) is 11.3 Å². The quantitative estimate of drug-likeness (QED) is 0.488. The Morgan fingerprint density at radius 1 is 0.960 bits per heavy atom. The first-order valence-electron chi connectivity index (χ1n) is 7.98. The fourth-order valence-corrected chi connectivity index (χ4v) is 2.74. The average molecular weight is 327 g/mol. The fraction of sp³-hybridized carbons (Fsp3) is 0. The van der Waals surface area contributed by atoms with Crippen LogP contribution in [0.2, 0.25) is 0 Å². The van der Waals surface area contributed by atoms with Crippen molar-refractivity contribution in [2.75, 3.05) is 11.1 Å². The second-order valence-corrected chi connectivity index (χ2v) is 5.71. The third-order valence-corrected chi connectivity index (χ3v) is 4.04. The number of oxazole rings is 1. The lowest BCUT2D eigenvalue weighted by Crippen LogP contribution is -1.98. The molecular formula is C21H17N3O. The van der Waals surface area contributed by atoms with Gasteiger partial charge >= 0.3 is 0 Å². The minimum atomic E-state index is 0.561. The van der Waals surface area contributed by atoms with Gasteiger partial charge in [0.25, 0.3) is 0 Å². The van der Waals surface area contributed by atoms with Gasteiger partial charge in [-0.2, -0.15) is 0 Å². The number of nitrogens with two attached hydrogens (primary N) is 1. The fourth-order valence-electron chi connectivity index (χ4n) is 2.74. The van der Waals surface area contributed by atoms with Gasteiger partial charge in [0.15, 0.2) is 5.58 Å². The smallest absolute Gasteiger partial charge is 0.227 e. The van der Waals surface area contributed by atoms with E-state index in [0.29, 0.717) is 11.6 Å². The van der Waals surface area contributed by atoms with Gasteiger partial charge in [0.1, 0.15) is 5.52 Å². The lowest BCUT2D eigenvalue weighted by atomic mass is 10.1. The van der Waals surface area contributed by atoms with Gasteiger partial charge in [-0.1, -0.05) is 43.0 Å². The molecule has 3 N–H and O–H groups in total. The molecule has 0 fully saturated rings. The molecule has 0 radical (unpaired) electrons. The van der Waals surface area contributed by atoms with E-state index in [1.165, 1.54) is 0 Å². The Labute approximate surface area is 145 Å². The number of hydrogen-bond acceptors (Lipinski definition) is 4. The summed E-state index contributed by atoms with van der Waals surface area (Å²) in [7, 11) is 0. The van der Waals surface area contributed by atoms with Crippen LogP contribution in [0.4, 0.5) is 17.1 Å². The summed E-state index contributed by atoms with van der Waals surface area (Å²) in [4.78, 5) is 4.51. The largest absolute Gasteiger partial charge is 0.436 e. The number of anilines is 3. The Hall–Kier alpha value is -3.53. The predicted octanol–water partition coefficient (Wildman–Crippen LogP) is 5.46. The zero-order valence-corrected chi connectivity index (χ0v) is 13.6. The highest BCUT2D eigenvalue weighted by molar-refractivity contribution is 5.82. The summed E-state index contributed by atoms with van der Waals surface area (Å²) in [5, 5.41) is 3.35. The Balaban J connectivity index is 1.67. The molecule has 0 amide bonds. The summed E-state index contributed by atoms with van der Waals surface area (Å²) in [6.45, 7) is 3.84. The number of rotatable bonds is 4. The number of aromatic nitrogens is 1. The monoisotopic (exact) mass is 327 g/mol. The van der Waals surface area contributed by atoms with Crippen molar-refractivity contribution in [3.05, 3.63) is 78.9 Å². The molecule has 4 rings (SSSR count). The molecule has 1 heterocycles. The normalized spacial score (nSPS) is 10.7. The Bertz CT molecular complexity index is 1030. The highest BCUT2D eigenvalue weighted by Crippen LogP contribution is 2.31. The van der Waals surface area contributed by atoms with Crippen LogP contribution in [0.25, 0.3) is 28.6 Å². The van der Waals surface area contributed by atoms with Crippen molar-refractivity contribution in [1.29, 1.82) is 0 Å². The van der Waals surface area contributed by atoms with E-state index in [-0.39, 0.29) is 0 Å². The molecule has 0 aliphatic rings. The number of benzene rings is 3. The molecule has 0 saturated heterocycles. The minimum absolute atomic E-state index is 0.561. The minimum Gasteiger partial charge on any atom is -0.436 e. The predicted molar refractivity (Wildman–Crippen MR) is 104 cm³/mol. The van der Waals surface area contributed by atoms with Crippen molar-refractivity contribution in [3.8, 4) is 11.5 Å². The van der Waals surface area contributed by atoms with Crippen LogP contribution in [-0.2, 0) is 0 Å². The summed E-state index contributed by atoms with van der Waals surface area (Å²) in [5.74, 6) is 0.561. The Kier molecular flexibility index (Phi) is 3.71. The third kappa shape index (κ3) is 2.85. The van der Waals surface area contributed by atoms with Gasteiger partial charge in [-0.25, -0.2) is 4.98 Å². The van der Waals surface area contributed by atoms with Crippen LogP contribution in [-0.4, -0.2) is 4.98 Å². The molecule has 0 saturated carbocycles. The number of hydrogen-bond donors (Lipinski definition) is 2. The first-order valence-corrected chi connectivity index (χ1v) is 7.98. The molecule has 0 spiro atoms. The molecule has 4 nitrogen and oxygen atoms in total. The topological polar surface area (TPSA) is 64.1 Å². The van der Waals surface area contributed by atoms with Crippen molar-refractivity contribution >= 4 is 34.2 Å². The van der Waals surface area contributed by atoms with Crippen LogP contribution >= 0.6 is 0 Å². The lowest BCUT2D eigenvalue weighted by Gasteiger charge is -2.12. The van der Waals surface area contributed by atoms with Gasteiger partial charge in [0.05, 0.1) is 11.4 Å². The van der Waals surface area contributed by atoms with E-state index >= 15 is 0 Å². The van der Waals surface area contributed by atoms with Gasteiger partial charge in [-0.3, -0.25) is 0 Å². The zero-order chi connectivity index (χ0) is 17.2. The van der Waals surface area contributed by atoms with E-state index in [1.54, 1.807) is 0 Å². The maximum Gasteiger partial charge on any atom is 0.227 e. The molecule has 0 aliphatic heterocycles. The van der Waals surface area contributed by atoms with Crippen LogP contribution in [0.15, 0.2) is 77.7 Å².